The lowest BCUT2D eigenvalue weighted by molar-refractivity contribution is 0.0948. The molecule has 0 fully saturated rings. The molecule has 10 aromatic rings. The molecule has 3 nitrogen and oxygen atoms in total. The number of para-hydroxylation sites is 3. The molecule has 0 atom stereocenters. The molecule has 0 saturated heterocycles. The first-order valence-electron chi connectivity index (χ1n) is 22.8. The van der Waals surface area contributed by atoms with Crippen LogP contribution >= 0.6 is 0 Å². The van der Waals surface area contributed by atoms with Gasteiger partial charge in [0.05, 0.1) is 22.3 Å². The quantitative estimate of drug-likeness (QED) is 0.162. The van der Waals surface area contributed by atoms with Crippen LogP contribution in [0.5, 0.6) is 0 Å². The highest BCUT2D eigenvalue weighted by Gasteiger charge is 2.52. The number of aromatic nitrogens is 2. The summed E-state index contributed by atoms with van der Waals surface area (Å²) in [4.78, 5) is 5.48. The van der Waals surface area contributed by atoms with Gasteiger partial charge < -0.3 is 4.42 Å². The lowest BCUT2D eigenvalue weighted by atomic mass is 9.52. The lowest BCUT2D eigenvalue weighted by Gasteiger charge is -2.51. The highest BCUT2D eigenvalue weighted by Crippen LogP contribution is 2.60. The van der Waals surface area contributed by atoms with Crippen LogP contribution in [0.15, 0.2) is 150 Å². The summed E-state index contributed by atoms with van der Waals surface area (Å²) in [5.74, 6) is 1.36. The van der Waals surface area contributed by atoms with E-state index in [9.17, 15) is 0 Å². The van der Waals surface area contributed by atoms with Crippen LogP contribution < -0.4 is 0 Å². The third-order valence-corrected chi connectivity index (χ3v) is 15.8. The van der Waals surface area contributed by atoms with Gasteiger partial charge in [0.2, 0.25) is 0 Å². The molecule has 11 rings (SSSR count). The number of benzene rings is 8. The van der Waals surface area contributed by atoms with E-state index in [4.69, 9.17) is 9.40 Å². The molecular formula is C60H56N2O. The Morgan fingerprint density at radius 3 is 1.90 bits per heavy atom. The topological polar surface area (TPSA) is 31.0 Å². The van der Waals surface area contributed by atoms with E-state index in [-0.39, 0.29) is 28.1 Å². The average Bonchev–Trinajstić information content (AvgIpc) is 3.84. The van der Waals surface area contributed by atoms with E-state index in [1.165, 1.54) is 71.7 Å². The molecule has 63 heavy (non-hydrogen) atoms. The standard InChI is InChI=1S/C60H56N2O/c1-35(2)46-31-40(38-28-29-43-42-20-13-14-23-50(42)58(5,6)60(9,10)59(7,8)51(43)33-38)32-47(36(3)4)55(46)62-53-25-16-15-24-52(53)61-57(62)45-22-17-21-44-49-30-39-27-26-37-18-11-12-19-41(37)48(39)34-54(49)63-56(44)45/h11-36H,1-10H3. The normalized spacial score (nSPS) is 15.5. The van der Waals surface area contributed by atoms with Crippen LogP contribution in [0.4, 0.5) is 0 Å². The maximum atomic E-state index is 6.98. The predicted octanol–water partition coefficient (Wildman–Crippen LogP) is 17.1. The summed E-state index contributed by atoms with van der Waals surface area (Å²) < 4.78 is 9.42. The van der Waals surface area contributed by atoms with E-state index in [1.807, 2.05) is 0 Å². The summed E-state index contributed by atoms with van der Waals surface area (Å²) in [6.45, 7) is 24.1. The Balaban J connectivity index is 1.14. The first-order valence-corrected chi connectivity index (χ1v) is 22.8. The molecule has 0 amide bonds. The van der Waals surface area contributed by atoms with Gasteiger partial charge in [0.1, 0.15) is 17.0 Å². The molecule has 3 heteroatoms. The minimum absolute atomic E-state index is 0.0422. The van der Waals surface area contributed by atoms with Crippen LogP contribution in [0.25, 0.3) is 93.8 Å². The molecule has 1 aliphatic rings. The fourth-order valence-electron chi connectivity index (χ4n) is 11.1. The third kappa shape index (κ3) is 5.61. The molecule has 8 aromatic carbocycles. The molecule has 0 aliphatic heterocycles. The largest absolute Gasteiger partial charge is 0.455 e. The van der Waals surface area contributed by atoms with Crippen LogP contribution in [0.3, 0.4) is 0 Å². The first kappa shape index (κ1) is 39.4. The second-order valence-electron chi connectivity index (χ2n) is 20.4. The molecule has 2 aromatic heterocycles. The minimum atomic E-state index is -0.120. The van der Waals surface area contributed by atoms with Crippen LogP contribution in [0, 0.1) is 5.41 Å². The number of hydrogen-bond acceptors (Lipinski definition) is 2. The fraction of sp³-hybridized carbons (Fsp3) is 0.250. The highest BCUT2D eigenvalue weighted by molar-refractivity contribution is 6.17. The zero-order valence-electron chi connectivity index (χ0n) is 38.3. The average molecular weight is 821 g/mol. The van der Waals surface area contributed by atoms with E-state index in [0.717, 1.165) is 44.4 Å². The Morgan fingerprint density at radius 2 is 1.13 bits per heavy atom. The Labute approximate surface area is 371 Å². The maximum Gasteiger partial charge on any atom is 0.149 e. The van der Waals surface area contributed by atoms with Gasteiger partial charge in [-0.1, -0.05) is 166 Å². The predicted molar refractivity (Wildman–Crippen MR) is 268 cm³/mol. The summed E-state index contributed by atoms with van der Waals surface area (Å²) in [5, 5.41) is 7.09. The zero-order chi connectivity index (χ0) is 43.7. The molecular weight excluding hydrogens is 765 g/mol. The number of hydrogen-bond donors (Lipinski definition) is 0. The van der Waals surface area contributed by atoms with Gasteiger partial charge in [0.15, 0.2) is 0 Å². The lowest BCUT2D eigenvalue weighted by Crippen LogP contribution is -2.48. The van der Waals surface area contributed by atoms with Gasteiger partial charge in [-0.2, -0.15) is 0 Å². The van der Waals surface area contributed by atoms with Gasteiger partial charge in [-0.15, -0.1) is 0 Å². The van der Waals surface area contributed by atoms with Crippen molar-refractivity contribution in [2.75, 3.05) is 0 Å². The number of imidazole rings is 1. The smallest absolute Gasteiger partial charge is 0.149 e. The summed E-state index contributed by atoms with van der Waals surface area (Å²) in [7, 11) is 0. The van der Waals surface area contributed by atoms with Crippen LogP contribution in [0.1, 0.15) is 103 Å². The monoisotopic (exact) mass is 820 g/mol. The van der Waals surface area contributed by atoms with Crippen molar-refractivity contribution in [2.45, 2.75) is 91.9 Å². The van der Waals surface area contributed by atoms with E-state index in [0.29, 0.717) is 0 Å². The van der Waals surface area contributed by atoms with Crippen molar-refractivity contribution in [2.24, 2.45) is 5.41 Å². The first-order chi connectivity index (χ1) is 30.2. The Bertz CT molecular complexity index is 3470. The van der Waals surface area contributed by atoms with Crippen LogP contribution in [-0.4, -0.2) is 9.55 Å². The zero-order valence-corrected chi connectivity index (χ0v) is 38.3. The summed E-state index contributed by atoms with van der Waals surface area (Å²) in [6.07, 6.45) is 0. The Morgan fingerprint density at radius 1 is 0.492 bits per heavy atom. The Kier molecular flexibility index (Phi) is 8.61. The number of fused-ring (bicyclic) bond motifs is 10. The minimum Gasteiger partial charge on any atom is -0.455 e. The summed E-state index contributed by atoms with van der Waals surface area (Å²) in [6, 6.07) is 54.1. The van der Waals surface area contributed by atoms with Gasteiger partial charge in [-0.25, -0.2) is 4.98 Å². The van der Waals surface area contributed by atoms with E-state index < -0.39 is 0 Å². The molecule has 0 saturated carbocycles. The van der Waals surface area contributed by atoms with Crippen molar-refractivity contribution in [3.8, 4) is 39.3 Å². The number of rotatable bonds is 5. The van der Waals surface area contributed by atoms with Crippen molar-refractivity contribution < 1.29 is 4.42 Å². The van der Waals surface area contributed by atoms with Crippen LogP contribution in [0.2, 0.25) is 0 Å². The molecule has 312 valence electrons. The SMILES string of the molecule is CC(C)c1cc(-c2ccc3c(c2)C(C)(C)C(C)(C)C(C)(C)c2ccccc2-3)cc(C(C)C)c1-n1c(-c2cccc3c2oc2cc4c(ccc5ccccc54)cc23)nc2ccccc21. The number of furan rings is 1. The van der Waals surface area contributed by atoms with Crippen molar-refractivity contribution in [1.29, 1.82) is 0 Å². The van der Waals surface area contributed by atoms with Gasteiger partial charge in [-0.3, -0.25) is 4.57 Å². The van der Waals surface area contributed by atoms with Crippen molar-refractivity contribution in [1.82, 2.24) is 9.55 Å². The van der Waals surface area contributed by atoms with E-state index in [1.54, 1.807) is 0 Å². The van der Waals surface area contributed by atoms with Crippen molar-refractivity contribution >= 4 is 54.5 Å². The second kappa shape index (κ2) is 13.8. The number of nitrogens with zero attached hydrogens (tertiary/aromatic N) is 2. The molecule has 0 radical (unpaired) electrons. The van der Waals surface area contributed by atoms with Crippen molar-refractivity contribution in [3.63, 3.8) is 0 Å². The molecule has 0 N–H and O–H groups in total. The van der Waals surface area contributed by atoms with E-state index in [2.05, 4.69) is 219 Å². The maximum absolute atomic E-state index is 6.98. The summed E-state index contributed by atoms with van der Waals surface area (Å²) >= 11 is 0. The molecule has 0 bridgehead atoms. The molecule has 2 heterocycles. The van der Waals surface area contributed by atoms with E-state index >= 15 is 0 Å². The second-order valence-corrected chi connectivity index (χ2v) is 20.4. The molecule has 0 spiro atoms. The van der Waals surface area contributed by atoms with Gasteiger partial charge in [-0.05, 0) is 143 Å². The molecule has 0 unspecified atom stereocenters. The summed E-state index contributed by atoms with van der Waals surface area (Å²) in [5.41, 5.74) is 16.4. The van der Waals surface area contributed by atoms with Gasteiger partial charge >= 0.3 is 0 Å². The fourth-order valence-corrected chi connectivity index (χ4v) is 11.1. The van der Waals surface area contributed by atoms with Gasteiger partial charge in [0.25, 0.3) is 0 Å². The molecule has 1 aliphatic carbocycles. The van der Waals surface area contributed by atoms with Crippen molar-refractivity contribution in [3.05, 3.63) is 168 Å². The third-order valence-electron chi connectivity index (χ3n) is 15.8. The van der Waals surface area contributed by atoms with Gasteiger partial charge in [0, 0.05) is 10.8 Å². The van der Waals surface area contributed by atoms with Crippen LogP contribution in [-0.2, 0) is 10.8 Å². The Hall–Kier alpha value is -6.45. The highest BCUT2D eigenvalue weighted by atomic mass is 16.3.